The fourth-order valence-electron chi connectivity index (χ4n) is 1.23. The third-order valence-corrected chi connectivity index (χ3v) is 1.88. The minimum Gasteiger partial charge on any atom is -0.120 e. The molecule has 0 saturated carbocycles. The second-order valence-electron chi connectivity index (χ2n) is 3.34. The molecule has 0 amide bonds. The van der Waals surface area contributed by atoms with E-state index in [0.717, 1.165) is 6.42 Å². The van der Waals surface area contributed by atoms with Crippen LogP contribution in [-0.2, 0) is 0 Å². The van der Waals surface area contributed by atoms with Crippen LogP contribution in [0.4, 0.5) is 0 Å². The molecule has 0 spiro atoms. The lowest BCUT2D eigenvalue weighted by atomic mass is 9.83. The maximum atomic E-state index is 5.24. The summed E-state index contributed by atoms with van der Waals surface area (Å²) in [5.41, 5.74) is 0. The van der Waals surface area contributed by atoms with E-state index in [1.54, 1.807) is 0 Å². The van der Waals surface area contributed by atoms with E-state index in [4.69, 9.17) is 6.42 Å². The summed E-state index contributed by atoms with van der Waals surface area (Å²) in [6.45, 7) is 8.74. The Morgan fingerprint density at radius 1 is 1.40 bits per heavy atom. The largest absolute Gasteiger partial charge is 0.120 e. The van der Waals surface area contributed by atoms with Gasteiger partial charge in [0.25, 0.3) is 0 Å². The molecule has 0 aliphatic rings. The lowest BCUT2D eigenvalue weighted by Crippen LogP contribution is -2.12. The number of hydrogen-bond acceptors (Lipinski definition) is 0. The summed E-state index contributed by atoms with van der Waals surface area (Å²) in [7, 11) is 0. The van der Waals surface area contributed by atoms with Gasteiger partial charge in [0, 0.05) is 6.42 Å². The summed E-state index contributed by atoms with van der Waals surface area (Å²) in [6.07, 6.45) is 6.13. The molecule has 0 bridgehead atoms. The summed E-state index contributed by atoms with van der Waals surface area (Å²) < 4.78 is 0. The van der Waals surface area contributed by atoms with Crippen LogP contribution < -0.4 is 0 Å². The van der Waals surface area contributed by atoms with Gasteiger partial charge in [-0.3, -0.25) is 0 Å². The van der Waals surface area contributed by atoms with Gasteiger partial charge in [-0.15, -0.1) is 12.3 Å². The van der Waals surface area contributed by atoms with Gasteiger partial charge >= 0.3 is 0 Å². The highest BCUT2D eigenvalue weighted by Crippen LogP contribution is 2.24. The van der Waals surface area contributed by atoms with Crippen molar-refractivity contribution in [3.05, 3.63) is 5.92 Å². The summed E-state index contributed by atoms with van der Waals surface area (Å²) in [5.74, 6) is 5.46. The molecule has 1 unspecified atom stereocenters. The Balaban J connectivity index is 3.88. The summed E-state index contributed by atoms with van der Waals surface area (Å²) in [5, 5.41) is 0. The fraction of sp³-hybridized carbons (Fsp3) is 0.700. The molecule has 0 nitrogen and oxygen atoms in total. The highest BCUT2D eigenvalue weighted by atomic mass is 14.2. The van der Waals surface area contributed by atoms with E-state index in [0.29, 0.717) is 11.8 Å². The Morgan fingerprint density at radius 2 is 1.90 bits per heavy atom. The minimum atomic E-state index is 0.616. The lowest BCUT2D eigenvalue weighted by Gasteiger charge is -2.21. The third kappa shape index (κ3) is 2.92. The topological polar surface area (TPSA) is 0 Å². The molecule has 0 heterocycles. The van der Waals surface area contributed by atoms with Crippen LogP contribution in [0.15, 0.2) is 0 Å². The van der Waals surface area contributed by atoms with Gasteiger partial charge in [-0.25, -0.2) is 0 Å². The first-order valence-electron chi connectivity index (χ1n) is 3.83. The Kier molecular flexibility index (Phi) is 4.19. The van der Waals surface area contributed by atoms with E-state index in [1.807, 2.05) is 0 Å². The quantitative estimate of drug-likeness (QED) is 0.525. The van der Waals surface area contributed by atoms with E-state index in [2.05, 4.69) is 33.6 Å². The Morgan fingerprint density at radius 3 is 2.00 bits per heavy atom. The zero-order valence-electron chi connectivity index (χ0n) is 7.44. The molecule has 0 aliphatic heterocycles. The summed E-state index contributed by atoms with van der Waals surface area (Å²) in [6, 6.07) is 0. The molecular weight excluding hydrogens is 120 g/mol. The van der Waals surface area contributed by atoms with Crippen LogP contribution in [0.3, 0.4) is 0 Å². The van der Waals surface area contributed by atoms with Gasteiger partial charge in [0.1, 0.15) is 0 Å². The molecule has 0 fully saturated rings. The lowest BCUT2D eigenvalue weighted by molar-refractivity contribution is 0.410. The van der Waals surface area contributed by atoms with Crippen LogP contribution in [-0.4, -0.2) is 0 Å². The smallest absolute Gasteiger partial charge is 0.0122 e. The van der Waals surface area contributed by atoms with E-state index in [1.165, 1.54) is 5.92 Å². The molecule has 0 aliphatic carbocycles. The molecule has 57 valence electrons. The number of rotatable bonds is 3. The van der Waals surface area contributed by atoms with Crippen molar-refractivity contribution in [2.24, 2.45) is 11.8 Å². The zero-order valence-corrected chi connectivity index (χ0v) is 7.44. The second kappa shape index (κ2) is 4.39. The standard InChI is InChI=1S/C10H17/c1-6-7-10(8(2)3)9(4)5/h1,8,10H,7H2,2-5H3. The minimum absolute atomic E-state index is 0.616. The maximum absolute atomic E-state index is 5.24. The molecule has 0 rings (SSSR count). The summed E-state index contributed by atoms with van der Waals surface area (Å²) >= 11 is 0. The van der Waals surface area contributed by atoms with Crippen molar-refractivity contribution >= 4 is 0 Å². The highest BCUT2D eigenvalue weighted by Gasteiger charge is 2.15. The molecule has 0 aromatic heterocycles. The van der Waals surface area contributed by atoms with Gasteiger partial charge in [-0.2, -0.15) is 0 Å². The number of hydrogen-bond donors (Lipinski definition) is 0. The average Bonchev–Trinajstić information content (AvgIpc) is 1.81. The van der Waals surface area contributed by atoms with Crippen LogP contribution >= 0.6 is 0 Å². The van der Waals surface area contributed by atoms with Crippen molar-refractivity contribution in [2.45, 2.75) is 34.1 Å². The molecule has 1 atom stereocenters. The van der Waals surface area contributed by atoms with Crippen molar-refractivity contribution in [1.29, 1.82) is 0 Å². The Bertz CT molecular complexity index is 106. The van der Waals surface area contributed by atoms with Gasteiger partial charge in [0.2, 0.25) is 0 Å². The molecule has 0 heteroatoms. The van der Waals surface area contributed by atoms with Crippen molar-refractivity contribution in [3.8, 4) is 12.3 Å². The van der Waals surface area contributed by atoms with Gasteiger partial charge in [-0.05, 0) is 17.8 Å². The van der Waals surface area contributed by atoms with Gasteiger partial charge in [-0.1, -0.05) is 27.7 Å². The predicted octanol–water partition coefficient (Wildman–Crippen LogP) is 2.90. The van der Waals surface area contributed by atoms with Crippen molar-refractivity contribution in [1.82, 2.24) is 0 Å². The SMILES string of the molecule is C#CCC([C](C)C)C(C)C. The molecule has 0 saturated heterocycles. The summed E-state index contributed by atoms with van der Waals surface area (Å²) in [4.78, 5) is 0. The monoisotopic (exact) mass is 137 g/mol. The fourth-order valence-corrected chi connectivity index (χ4v) is 1.23. The predicted molar refractivity (Wildman–Crippen MR) is 46.4 cm³/mol. The van der Waals surface area contributed by atoms with Crippen LogP contribution in [0.25, 0.3) is 0 Å². The molecule has 0 N–H and O–H groups in total. The molecule has 0 aromatic carbocycles. The molecule has 10 heavy (non-hydrogen) atoms. The van der Waals surface area contributed by atoms with Crippen molar-refractivity contribution in [2.75, 3.05) is 0 Å². The number of terminal acetylenes is 1. The van der Waals surface area contributed by atoms with E-state index < -0.39 is 0 Å². The molecule has 0 aromatic rings. The van der Waals surface area contributed by atoms with Crippen LogP contribution in [0, 0.1) is 30.1 Å². The molecule has 1 radical (unpaired) electrons. The normalized spacial score (nSPS) is 11.0. The average molecular weight is 137 g/mol. The van der Waals surface area contributed by atoms with E-state index >= 15 is 0 Å². The highest BCUT2D eigenvalue weighted by molar-refractivity contribution is 4.97. The van der Waals surface area contributed by atoms with E-state index in [9.17, 15) is 0 Å². The van der Waals surface area contributed by atoms with Crippen molar-refractivity contribution < 1.29 is 0 Å². The van der Waals surface area contributed by atoms with E-state index in [-0.39, 0.29) is 0 Å². The van der Waals surface area contributed by atoms with Crippen LogP contribution in [0.5, 0.6) is 0 Å². The first-order chi connectivity index (χ1) is 4.59. The van der Waals surface area contributed by atoms with Gasteiger partial charge in [0.05, 0.1) is 0 Å². The third-order valence-electron chi connectivity index (χ3n) is 1.88. The zero-order chi connectivity index (χ0) is 8.15. The second-order valence-corrected chi connectivity index (χ2v) is 3.34. The van der Waals surface area contributed by atoms with Gasteiger partial charge < -0.3 is 0 Å². The maximum Gasteiger partial charge on any atom is 0.0122 e. The van der Waals surface area contributed by atoms with Crippen LogP contribution in [0.1, 0.15) is 34.1 Å². The molecular formula is C10H17. The first kappa shape index (κ1) is 9.56. The van der Waals surface area contributed by atoms with Gasteiger partial charge in [0.15, 0.2) is 0 Å². The van der Waals surface area contributed by atoms with Crippen molar-refractivity contribution in [3.63, 3.8) is 0 Å². The first-order valence-corrected chi connectivity index (χ1v) is 3.83. The Labute approximate surface area is 65.0 Å². The van der Waals surface area contributed by atoms with Crippen LogP contribution in [0.2, 0.25) is 0 Å². The Hall–Kier alpha value is -0.440.